The molecule has 1 unspecified atom stereocenters. The van der Waals surface area contributed by atoms with Gasteiger partial charge in [0.05, 0.1) is 0 Å². The van der Waals surface area contributed by atoms with E-state index in [-0.39, 0.29) is 29.8 Å². The van der Waals surface area contributed by atoms with Crippen LogP contribution in [0.25, 0.3) is 10.8 Å². The van der Waals surface area contributed by atoms with Gasteiger partial charge in [-0.3, -0.25) is 6.08 Å². The summed E-state index contributed by atoms with van der Waals surface area (Å²) < 4.78 is 0. The number of rotatable bonds is 1. The first-order valence-electron chi connectivity index (χ1n) is 8.98. The molecule has 0 nitrogen and oxygen atoms in total. The first-order valence-corrected chi connectivity index (χ1v) is 19.2. The van der Waals surface area contributed by atoms with Gasteiger partial charge in [-0.25, -0.2) is 5.57 Å². The first kappa shape index (κ1) is 29.4. The van der Waals surface area contributed by atoms with Crippen molar-refractivity contribution in [3.63, 3.8) is 0 Å². The SMILES string of the molecule is CC1=[C-]C(C)C(C)=C1C.C[Si](=[Zr+2])[Si](C)(C)C.[Cl-].[Cl-].c1ccc2[cH-]ccc2c1. The molecule has 0 aromatic heterocycles. The van der Waals surface area contributed by atoms with Gasteiger partial charge in [-0.15, -0.1) is 36.6 Å². The first-order chi connectivity index (χ1) is 11.5. The summed E-state index contributed by atoms with van der Waals surface area (Å²) in [5, 5.41) is 2.66. The van der Waals surface area contributed by atoms with Crippen LogP contribution >= 0.6 is 0 Å². The number of allylic oxidation sites excluding steroid dienone is 4. The van der Waals surface area contributed by atoms with Gasteiger partial charge < -0.3 is 24.8 Å². The molecule has 0 saturated heterocycles. The van der Waals surface area contributed by atoms with Crippen LogP contribution in [0.5, 0.6) is 0 Å². The van der Waals surface area contributed by atoms with E-state index in [4.69, 9.17) is 0 Å². The maximum Gasteiger partial charge on any atom is -0.0809 e. The number of benzene rings is 1. The Labute approximate surface area is 195 Å². The minimum Gasteiger partial charge on any atom is -1.00 e. The van der Waals surface area contributed by atoms with Crippen molar-refractivity contribution in [2.75, 3.05) is 0 Å². The molecule has 0 N–H and O–H groups in total. The second-order valence-electron chi connectivity index (χ2n) is 7.83. The Bertz CT molecular complexity index is 753. The van der Waals surface area contributed by atoms with Gasteiger partial charge >= 0.3 is 62.1 Å². The normalized spacial score (nSPS) is 15.5. The minimum atomic E-state index is -0.593. The standard InChI is InChI=1S/C9H7.C9H13.C4H12Si2.2ClH.Zr/c1-2-5-9-7-3-6-8(9)4-1;1-6-5-7(2)9(4)8(6)3;1-5-6(2,3)4;;;/h1-7H;6H,1-4H3;1-4H3;2*1H;/q2*-1;;;;+2/p-2. The number of halogens is 2. The van der Waals surface area contributed by atoms with Crippen LogP contribution in [0, 0.1) is 12.0 Å². The van der Waals surface area contributed by atoms with Crippen molar-refractivity contribution in [1.82, 2.24) is 0 Å². The predicted molar refractivity (Wildman–Crippen MR) is 114 cm³/mol. The van der Waals surface area contributed by atoms with Crippen LogP contribution in [0.4, 0.5) is 0 Å². The molecule has 1 atom stereocenters. The van der Waals surface area contributed by atoms with E-state index in [1.165, 1.54) is 27.5 Å². The number of hydrogen-bond acceptors (Lipinski definition) is 0. The predicted octanol–water partition coefficient (Wildman–Crippen LogP) is 0.860. The molecule has 0 spiro atoms. The Balaban J connectivity index is 0. The third kappa shape index (κ3) is 9.99. The van der Waals surface area contributed by atoms with Crippen molar-refractivity contribution < 1.29 is 48.1 Å². The molecule has 2 aromatic rings. The van der Waals surface area contributed by atoms with Gasteiger partial charge in [0.2, 0.25) is 0 Å². The molecule has 3 rings (SSSR count). The molecule has 0 saturated carbocycles. The molecule has 0 heterocycles. The summed E-state index contributed by atoms with van der Waals surface area (Å²) in [6.07, 6.45) is 3.36. The molecule has 1 aliphatic carbocycles. The van der Waals surface area contributed by atoms with Crippen molar-refractivity contribution in [2.45, 2.75) is 53.9 Å². The van der Waals surface area contributed by atoms with Crippen molar-refractivity contribution in [3.8, 4) is 0 Å². The summed E-state index contributed by atoms with van der Waals surface area (Å²) in [5.41, 5.74) is 4.25. The van der Waals surface area contributed by atoms with Gasteiger partial charge in [0.25, 0.3) is 0 Å². The average Bonchev–Trinajstić information content (AvgIpc) is 3.09. The van der Waals surface area contributed by atoms with Crippen LogP contribution < -0.4 is 24.8 Å². The average molecular weight is 515 g/mol. The Morgan fingerprint density at radius 2 is 1.56 bits per heavy atom. The van der Waals surface area contributed by atoms with E-state index >= 15 is 0 Å². The zero-order valence-electron chi connectivity index (χ0n) is 17.9. The molecular weight excluding hydrogens is 483 g/mol. The minimum absolute atomic E-state index is 0. The smallest absolute Gasteiger partial charge is 0.0809 e. The monoisotopic (exact) mass is 512 g/mol. The second kappa shape index (κ2) is 13.4. The van der Waals surface area contributed by atoms with Gasteiger partial charge in [0, 0.05) is 0 Å². The molecule has 148 valence electrons. The molecule has 0 aliphatic heterocycles. The molecule has 0 amide bonds. The van der Waals surface area contributed by atoms with Crippen molar-refractivity contribution >= 4 is 23.3 Å². The van der Waals surface area contributed by atoms with E-state index in [0.717, 1.165) is 0 Å². The second-order valence-corrected chi connectivity index (χ2v) is 29.5. The fourth-order valence-corrected chi connectivity index (χ4v) is 2.23. The van der Waals surface area contributed by atoms with Gasteiger partial charge in [0.1, 0.15) is 0 Å². The quantitative estimate of drug-likeness (QED) is 0.391. The van der Waals surface area contributed by atoms with Gasteiger partial charge in [0.15, 0.2) is 0 Å². The van der Waals surface area contributed by atoms with Crippen LogP contribution in [-0.2, 0) is 23.3 Å². The van der Waals surface area contributed by atoms with Gasteiger partial charge in [-0.2, -0.15) is 28.7 Å². The maximum atomic E-state index is 3.36. The van der Waals surface area contributed by atoms with E-state index in [1.54, 1.807) is 0 Å². The Morgan fingerprint density at radius 3 is 1.89 bits per heavy atom. The molecular formula is C22H32Cl2Si2Zr-2. The van der Waals surface area contributed by atoms with Crippen molar-refractivity contribution in [1.29, 1.82) is 0 Å². The maximum absolute atomic E-state index is 3.36. The summed E-state index contributed by atoms with van der Waals surface area (Å²) in [5.74, 6) is 0.560. The van der Waals surface area contributed by atoms with Crippen LogP contribution in [0.2, 0.25) is 26.2 Å². The van der Waals surface area contributed by atoms with Crippen LogP contribution in [0.3, 0.4) is 0 Å². The molecule has 1 aliphatic rings. The van der Waals surface area contributed by atoms with E-state index < -0.39 is 7.59 Å². The Morgan fingerprint density at radius 1 is 1.04 bits per heavy atom. The van der Waals surface area contributed by atoms with Crippen LogP contribution in [0.15, 0.2) is 59.2 Å². The topological polar surface area (TPSA) is 0 Å². The summed E-state index contributed by atoms with van der Waals surface area (Å²) in [6.45, 7) is 18.5. The Hall–Kier alpha value is 0.207. The Kier molecular flexibility index (Phi) is 14.6. The van der Waals surface area contributed by atoms with E-state index in [1.807, 2.05) is 23.3 Å². The third-order valence-corrected chi connectivity index (χ3v) is 30.5. The van der Waals surface area contributed by atoms with Crippen molar-refractivity contribution in [3.05, 3.63) is 65.3 Å². The van der Waals surface area contributed by atoms with Gasteiger partial charge in [-0.05, 0) is 0 Å². The fraction of sp³-hybridized carbons (Fsp3) is 0.409. The molecule has 0 radical (unpaired) electrons. The summed E-state index contributed by atoms with van der Waals surface area (Å²) in [6, 6.07) is 14.7. The molecule has 0 fully saturated rings. The molecule has 27 heavy (non-hydrogen) atoms. The third-order valence-electron chi connectivity index (χ3n) is 4.91. The molecule has 2 aromatic carbocycles. The zero-order valence-corrected chi connectivity index (χ0v) is 23.8. The summed E-state index contributed by atoms with van der Waals surface area (Å²) in [7, 11) is -0.593. The number of fused-ring (bicyclic) bond motifs is 1. The van der Waals surface area contributed by atoms with Crippen LogP contribution in [0.1, 0.15) is 27.7 Å². The van der Waals surface area contributed by atoms with E-state index in [9.17, 15) is 0 Å². The molecule has 0 bridgehead atoms. The summed E-state index contributed by atoms with van der Waals surface area (Å²) >= 11 is 1.82. The van der Waals surface area contributed by atoms with Crippen LogP contribution in [-0.4, -0.2) is 12.5 Å². The number of hydrogen-bond donors (Lipinski definition) is 0. The fourth-order valence-electron chi connectivity index (χ4n) is 2.23. The zero-order chi connectivity index (χ0) is 19.2. The van der Waals surface area contributed by atoms with E-state index in [2.05, 4.69) is 102 Å². The molecule has 5 heteroatoms. The van der Waals surface area contributed by atoms with Gasteiger partial charge in [-0.1, -0.05) is 32.8 Å². The van der Waals surface area contributed by atoms with E-state index in [0.29, 0.717) is 5.92 Å². The van der Waals surface area contributed by atoms with Crippen molar-refractivity contribution in [2.24, 2.45) is 5.92 Å². The largest absolute Gasteiger partial charge is 1.00 e. The summed E-state index contributed by atoms with van der Waals surface area (Å²) in [4.78, 5) is 0.179.